The van der Waals surface area contributed by atoms with Crippen LogP contribution in [0.1, 0.15) is 78.7 Å². The van der Waals surface area contributed by atoms with Crippen LogP contribution in [0.25, 0.3) is 0 Å². The topological polar surface area (TPSA) is 71.1 Å². The number of amides is 2. The summed E-state index contributed by atoms with van der Waals surface area (Å²) in [7, 11) is 0. The summed E-state index contributed by atoms with van der Waals surface area (Å²) in [5.41, 5.74) is 0.276. The van der Waals surface area contributed by atoms with Crippen molar-refractivity contribution in [2.75, 3.05) is 13.1 Å². The molecule has 0 aromatic heterocycles. The van der Waals surface area contributed by atoms with Crippen LogP contribution >= 0.6 is 0 Å². The second-order valence-corrected chi connectivity index (χ2v) is 12.9. The fourth-order valence-corrected chi connectivity index (χ4v) is 6.23. The molecule has 5 rings (SSSR count). The van der Waals surface area contributed by atoms with Gasteiger partial charge in [-0.1, -0.05) is 30.3 Å². The Bertz CT molecular complexity index is 972. The minimum atomic E-state index is -0.534. The lowest BCUT2D eigenvalue weighted by atomic mass is 9.86. The summed E-state index contributed by atoms with van der Waals surface area (Å²) in [5.74, 6) is 0.484. The molecule has 1 aromatic carbocycles. The van der Waals surface area contributed by atoms with Gasteiger partial charge in [-0.25, -0.2) is 9.59 Å². The molecule has 198 valence electrons. The first kappa shape index (κ1) is 25.4. The minimum Gasteiger partial charge on any atom is -0.445 e. The smallest absolute Gasteiger partial charge is 0.410 e. The van der Waals surface area contributed by atoms with Gasteiger partial charge in [0, 0.05) is 36.6 Å². The first-order valence-corrected chi connectivity index (χ1v) is 13.8. The Balaban J connectivity index is 1.28. The predicted octanol–water partition coefficient (Wildman–Crippen LogP) is 5.33. The van der Waals surface area contributed by atoms with E-state index in [9.17, 15) is 9.59 Å². The monoisotopic (exact) mass is 497 g/mol. The van der Waals surface area contributed by atoms with Crippen molar-refractivity contribution in [1.82, 2.24) is 15.1 Å². The Morgan fingerprint density at radius 2 is 1.86 bits per heavy atom. The van der Waals surface area contributed by atoms with E-state index in [2.05, 4.69) is 10.2 Å². The number of nitrogens with one attached hydrogen (secondary N) is 1. The highest BCUT2D eigenvalue weighted by atomic mass is 16.6. The lowest BCUT2D eigenvalue weighted by Gasteiger charge is -2.43. The third-order valence-corrected chi connectivity index (χ3v) is 8.56. The van der Waals surface area contributed by atoms with E-state index in [4.69, 9.17) is 9.47 Å². The Morgan fingerprint density at radius 1 is 1.14 bits per heavy atom. The van der Waals surface area contributed by atoms with Gasteiger partial charge in [0.1, 0.15) is 12.2 Å². The van der Waals surface area contributed by atoms with Gasteiger partial charge in [0.25, 0.3) is 0 Å². The van der Waals surface area contributed by atoms with Gasteiger partial charge in [0.15, 0.2) is 0 Å². The maximum absolute atomic E-state index is 13.5. The summed E-state index contributed by atoms with van der Waals surface area (Å²) in [6.45, 7) is 11.8. The summed E-state index contributed by atoms with van der Waals surface area (Å²) in [6.07, 6.45) is 6.03. The van der Waals surface area contributed by atoms with Crippen molar-refractivity contribution in [3.05, 3.63) is 35.9 Å². The van der Waals surface area contributed by atoms with Gasteiger partial charge in [-0.2, -0.15) is 0 Å². The summed E-state index contributed by atoms with van der Waals surface area (Å²) < 4.78 is 11.6. The van der Waals surface area contributed by atoms with Gasteiger partial charge >= 0.3 is 12.2 Å². The number of carbonyl (C=O) groups excluding carboxylic acids is 2. The van der Waals surface area contributed by atoms with Crippen molar-refractivity contribution >= 4 is 12.2 Å². The molecule has 0 unspecified atom stereocenters. The summed E-state index contributed by atoms with van der Waals surface area (Å²) >= 11 is 0. The average molecular weight is 498 g/mol. The second-order valence-electron chi connectivity index (χ2n) is 12.9. The zero-order valence-electron chi connectivity index (χ0n) is 22.6. The lowest BCUT2D eigenvalue weighted by Crippen LogP contribution is -2.54. The average Bonchev–Trinajstić information content (AvgIpc) is 3.71. The fraction of sp³-hybridized carbons (Fsp3) is 0.724. The Morgan fingerprint density at radius 3 is 2.50 bits per heavy atom. The van der Waals surface area contributed by atoms with Gasteiger partial charge in [-0.15, -0.1) is 0 Å². The molecule has 1 N–H and O–H groups in total. The van der Waals surface area contributed by atoms with E-state index >= 15 is 0 Å². The largest absolute Gasteiger partial charge is 0.445 e. The van der Waals surface area contributed by atoms with E-state index in [1.165, 1.54) is 12.8 Å². The minimum absolute atomic E-state index is 0.0277. The van der Waals surface area contributed by atoms with E-state index in [-0.39, 0.29) is 41.8 Å². The number of rotatable bonds is 7. The van der Waals surface area contributed by atoms with E-state index in [0.717, 1.165) is 37.8 Å². The predicted molar refractivity (Wildman–Crippen MR) is 138 cm³/mol. The Labute approximate surface area is 215 Å². The van der Waals surface area contributed by atoms with Crippen molar-refractivity contribution in [1.29, 1.82) is 0 Å². The van der Waals surface area contributed by atoms with Crippen LogP contribution in [0.15, 0.2) is 30.3 Å². The molecule has 7 heteroatoms. The Kier molecular flexibility index (Phi) is 6.51. The molecule has 4 fully saturated rings. The summed E-state index contributed by atoms with van der Waals surface area (Å²) in [6, 6.07) is 10.6. The van der Waals surface area contributed by atoms with Crippen molar-refractivity contribution < 1.29 is 19.1 Å². The van der Waals surface area contributed by atoms with Crippen molar-refractivity contribution in [2.24, 2.45) is 11.3 Å². The number of ether oxygens (including phenoxy) is 2. The molecular formula is C29H43N3O4. The summed E-state index contributed by atoms with van der Waals surface area (Å²) in [4.78, 5) is 30.6. The van der Waals surface area contributed by atoms with Gasteiger partial charge in [-0.05, 0) is 84.6 Å². The van der Waals surface area contributed by atoms with Crippen LogP contribution in [0.5, 0.6) is 0 Å². The van der Waals surface area contributed by atoms with Crippen LogP contribution in [0.4, 0.5) is 9.59 Å². The van der Waals surface area contributed by atoms with Crippen molar-refractivity contribution in [3.8, 4) is 0 Å². The number of benzene rings is 1. The molecule has 1 saturated heterocycles. The molecule has 3 aliphatic carbocycles. The molecule has 0 radical (unpaired) electrons. The van der Waals surface area contributed by atoms with Crippen LogP contribution in [0.3, 0.4) is 0 Å². The quantitative estimate of drug-likeness (QED) is 0.551. The Hall–Kier alpha value is -2.28. The highest BCUT2D eigenvalue weighted by Crippen LogP contribution is 2.64. The third-order valence-electron chi connectivity index (χ3n) is 8.56. The van der Waals surface area contributed by atoms with Gasteiger partial charge < -0.3 is 24.6 Å². The highest BCUT2D eigenvalue weighted by molar-refractivity contribution is 5.72. The normalized spacial score (nSPS) is 31.0. The first-order chi connectivity index (χ1) is 17.0. The summed E-state index contributed by atoms with van der Waals surface area (Å²) in [5, 5.41) is 3.67. The van der Waals surface area contributed by atoms with E-state index in [1.807, 2.05) is 69.9 Å². The molecule has 3 saturated carbocycles. The molecular weight excluding hydrogens is 454 g/mol. The van der Waals surface area contributed by atoms with Gasteiger partial charge in [0.05, 0.1) is 5.54 Å². The number of piperidine rings is 1. The van der Waals surface area contributed by atoms with Crippen LogP contribution in [-0.2, 0) is 16.1 Å². The van der Waals surface area contributed by atoms with Gasteiger partial charge in [-0.3, -0.25) is 0 Å². The van der Waals surface area contributed by atoms with Crippen LogP contribution in [0.2, 0.25) is 0 Å². The third kappa shape index (κ3) is 5.22. The number of likely N-dealkylation sites (tertiary alicyclic amines) is 1. The number of hydrogen-bond donors (Lipinski definition) is 1. The van der Waals surface area contributed by atoms with Gasteiger partial charge in [0.2, 0.25) is 0 Å². The molecule has 4 atom stereocenters. The SMILES string of the molecule is CC(C)N(C(=O)OCc1ccccc1)[C@@H]1C[C@@]12CC[C@]1(C[C@H]1CNC1CC1)N(C(=O)OC(C)(C)C)C2. The van der Waals surface area contributed by atoms with Crippen molar-refractivity contribution in [2.45, 2.75) is 109 Å². The molecule has 7 nitrogen and oxygen atoms in total. The number of hydrogen-bond acceptors (Lipinski definition) is 5. The molecule has 1 heterocycles. The highest BCUT2D eigenvalue weighted by Gasteiger charge is 2.70. The molecule has 0 bridgehead atoms. The lowest BCUT2D eigenvalue weighted by molar-refractivity contribution is -0.0118. The standard InChI is InChI=1S/C29H43N3O4/c1-20(2)32(26(34)35-18-21-9-7-6-8-10-21)24-16-28(24)13-14-29(15-22(29)17-30-23-11-12-23)31(19-28)25(33)36-27(3,4)5/h6-10,20,22-24,30H,11-19H2,1-5H3/t22-,24+,28+,29+/m0/s1. The molecule has 2 spiro atoms. The van der Waals surface area contributed by atoms with Crippen LogP contribution in [0, 0.1) is 11.3 Å². The van der Waals surface area contributed by atoms with Crippen molar-refractivity contribution in [3.63, 3.8) is 0 Å². The number of carbonyl (C=O) groups is 2. The van der Waals surface area contributed by atoms with E-state index in [0.29, 0.717) is 18.5 Å². The number of nitrogens with zero attached hydrogens (tertiary/aromatic N) is 2. The van der Waals surface area contributed by atoms with Crippen LogP contribution in [-0.4, -0.2) is 64.3 Å². The molecule has 4 aliphatic rings. The molecule has 1 aliphatic heterocycles. The zero-order chi connectivity index (χ0) is 25.7. The fourth-order valence-electron chi connectivity index (χ4n) is 6.23. The van der Waals surface area contributed by atoms with E-state index < -0.39 is 5.60 Å². The zero-order valence-corrected chi connectivity index (χ0v) is 22.6. The molecule has 36 heavy (non-hydrogen) atoms. The molecule has 2 amide bonds. The van der Waals surface area contributed by atoms with E-state index in [1.54, 1.807) is 0 Å². The maximum Gasteiger partial charge on any atom is 0.410 e. The first-order valence-electron chi connectivity index (χ1n) is 13.8. The molecule has 1 aromatic rings. The maximum atomic E-state index is 13.5. The van der Waals surface area contributed by atoms with Crippen LogP contribution < -0.4 is 5.32 Å². The second kappa shape index (κ2) is 9.23.